The third kappa shape index (κ3) is 2.69. The molecule has 0 aliphatic heterocycles. The highest BCUT2D eigenvalue weighted by molar-refractivity contribution is 7.98. The Labute approximate surface area is 125 Å². The van der Waals surface area contributed by atoms with Gasteiger partial charge in [-0.25, -0.2) is 4.98 Å². The smallest absolute Gasteiger partial charge is 0.262 e. The highest BCUT2D eigenvalue weighted by atomic mass is 32.2. The maximum absolute atomic E-state index is 12.5. The van der Waals surface area contributed by atoms with E-state index < -0.39 is 0 Å². The molecule has 0 amide bonds. The maximum Gasteiger partial charge on any atom is 0.262 e. The maximum atomic E-state index is 12.5. The summed E-state index contributed by atoms with van der Waals surface area (Å²) in [5.41, 5.74) is 0.684. The number of aromatic nitrogens is 4. The SMILES string of the molecule is CCn1c(SCc2nc(C)no2)nc2ccccc2c1=O. The van der Waals surface area contributed by atoms with Gasteiger partial charge >= 0.3 is 0 Å². The third-order valence-electron chi connectivity index (χ3n) is 3.04. The summed E-state index contributed by atoms with van der Waals surface area (Å²) in [4.78, 5) is 21.2. The van der Waals surface area contributed by atoms with E-state index in [1.807, 2.05) is 25.1 Å². The van der Waals surface area contributed by atoms with Crippen LogP contribution in [0, 0.1) is 6.92 Å². The largest absolute Gasteiger partial charge is 0.338 e. The zero-order valence-corrected chi connectivity index (χ0v) is 12.6. The van der Waals surface area contributed by atoms with E-state index in [1.54, 1.807) is 17.6 Å². The van der Waals surface area contributed by atoms with Crippen molar-refractivity contribution in [3.05, 3.63) is 46.3 Å². The van der Waals surface area contributed by atoms with Crippen molar-refractivity contribution in [2.24, 2.45) is 0 Å². The predicted octanol–water partition coefficient (Wildman–Crippen LogP) is 2.40. The van der Waals surface area contributed by atoms with Crippen LogP contribution >= 0.6 is 11.8 Å². The number of benzene rings is 1. The van der Waals surface area contributed by atoms with Crippen molar-refractivity contribution < 1.29 is 4.52 Å². The van der Waals surface area contributed by atoms with Gasteiger partial charge in [0.25, 0.3) is 5.56 Å². The number of thioether (sulfide) groups is 1. The first kappa shape index (κ1) is 13.8. The monoisotopic (exact) mass is 302 g/mol. The van der Waals surface area contributed by atoms with Crippen LogP contribution in [0.25, 0.3) is 10.9 Å². The Morgan fingerprint density at radius 1 is 1.29 bits per heavy atom. The first-order valence-electron chi connectivity index (χ1n) is 6.60. The van der Waals surface area contributed by atoms with Crippen LogP contribution < -0.4 is 5.56 Å². The quantitative estimate of drug-likeness (QED) is 0.544. The summed E-state index contributed by atoms with van der Waals surface area (Å²) in [6.07, 6.45) is 0. The molecule has 0 aliphatic rings. The molecule has 2 heterocycles. The van der Waals surface area contributed by atoms with Gasteiger partial charge in [-0.05, 0) is 26.0 Å². The van der Waals surface area contributed by atoms with Crippen molar-refractivity contribution in [2.45, 2.75) is 31.3 Å². The van der Waals surface area contributed by atoms with E-state index >= 15 is 0 Å². The van der Waals surface area contributed by atoms with E-state index in [2.05, 4.69) is 15.1 Å². The topological polar surface area (TPSA) is 73.8 Å². The molecule has 0 N–H and O–H groups in total. The van der Waals surface area contributed by atoms with Crippen LogP contribution in [0.3, 0.4) is 0 Å². The van der Waals surface area contributed by atoms with Crippen LogP contribution in [-0.4, -0.2) is 19.7 Å². The molecule has 0 spiro atoms. The molecule has 0 bridgehead atoms. The lowest BCUT2D eigenvalue weighted by Crippen LogP contribution is -2.22. The molecule has 0 aliphatic carbocycles. The number of hydrogen-bond donors (Lipinski definition) is 0. The van der Waals surface area contributed by atoms with Crippen LogP contribution in [0.1, 0.15) is 18.6 Å². The summed E-state index contributed by atoms with van der Waals surface area (Å²) >= 11 is 1.42. The Bertz CT molecular complexity index is 840. The first-order valence-corrected chi connectivity index (χ1v) is 7.59. The molecule has 108 valence electrons. The van der Waals surface area contributed by atoms with Gasteiger partial charge in [-0.15, -0.1) is 0 Å². The normalized spacial score (nSPS) is 11.1. The summed E-state index contributed by atoms with van der Waals surface area (Å²) in [6.45, 7) is 4.27. The van der Waals surface area contributed by atoms with E-state index in [1.165, 1.54) is 11.8 Å². The summed E-state index contributed by atoms with van der Waals surface area (Å²) in [6, 6.07) is 7.37. The van der Waals surface area contributed by atoms with Crippen molar-refractivity contribution in [3.8, 4) is 0 Å². The molecule has 0 unspecified atom stereocenters. The van der Waals surface area contributed by atoms with Gasteiger partial charge in [0.05, 0.1) is 16.7 Å². The molecule has 6 nitrogen and oxygen atoms in total. The molecule has 0 saturated carbocycles. The minimum Gasteiger partial charge on any atom is -0.338 e. The van der Waals surface area contributed by atoms with Crippen molar-refractivity contribution in [1.29, 1.82) is 0 Å². The lowest BCUT2D eigenvalue weighted by atomic mass is 10.2. The zero-order valence-electron chi connectivity index (χ0n) is 11.7. The minimum atomic E-state index is -0.0210. The fourth-order valence-electron chi connectivity index (χ4n) is 2.06. The van der Waals surface area contributed by atoms with E-state index in [9.17, 15) is 4.79 Å². The average Bonchev–Trinajstić information content (AvgIpc) is 2.91. The Morgan fingerprint density at radius 3 is 2.81 bits per heavy atom. The molecule has 2 aromatic heterocycles. The van der Waals surface area contributed by atoms with Crippen LogP contribution in [0.2, 0.25) is 0 Å². The molecule has 0 saturated heterocycles. The molecule has 1 aromatic carbocycles. The minimum absolute atomic E-state index is 0.0210. The summed E-state index contributed by atoms with van der Waals surface area (Å²) in [5, 5.41) is 5.05. The van der Waals surface area contributed by atoms with Crippen molar-refractivity contribution in [1.82, 2.24) is 19.7 Å². The van der Waals surface area contributed by atoms with Crippen molar-refractivity contribution in [2.75, 3.05) is 0 Å². The second-order valence-electron chi connectivity index (χ2n) is 4.48. The molecule has 3 aromatic rings. The average molecular weight is 302 g/mol. The van der Waals surface area contributed by atoms with E-state index in [4.69, 9.17) is 4.52 Å². The van der Waals surface area contributed by atoms with Crippen molar-refractivity contribution >= 4 is 22.7 Å². The van der Waals surface area contributed by atoms with Crippen LogP contribution in [-0.2, 0) is 12.3 Å². The first-order chi connectivity index (χ1) is 10.2. The van der Waals surface area contributed by atoms with Gasteiger partial charge < -0.3 is 4.52 Å². The highest BCUT2D eigenvalue weighted by Crippen LogP contribution is 2.21. The summed E-state index contributed by atoms with van der Waals surface area (Å²) in [7, 11) is 0. The predicted molar refractivity (Wildman–Crippen MR) is 80.3 cm³/mol. The lowest BCUT2D eigenvalue weighted by Gasteiger charge is -2.10. The number of nitrogens with zero attached hydrogens (tertiary/aromatic N) is 4. The number of fused-ring (bicyclic) bond motifs is 1. The van der Waals surface area contributed by atoms with Crippen LogP contribution in [0.4, 0.5) is 0 Å². The Hall–Kier alpha value is -2.15. The molecule has 0 atom stereocenters. The number of rotatable bonds is 4. The summed E-state index contributed by atoms with van der Waals surface area (Å²) < 4.78 is 6.74. The standard InChI is InChI=1S/C14H14N4O2S/c1-3-18-13(19)10-6-4-5-7-11(10)16-14(18)21-8-12-15-9(2)17-20-12/h4-7H,3,8H2,1-2H3. The van der Waals surface area contributed by atoms with Gasteiger partial charge in [0.2, 0.25) is 5.89 Å². The third-order valence-corrected chi connectivity index (χ3v) is 4.00. The second-order valence-corrected chi connectivity index (χ2v) is 5.43. The molecule has 21 heavy (non-hydrogen) atoms. The van der Waals surface area contributed by atoms with E-state index in [-0.39, 0.29) is 5.56 Å². The lowest BCUT2D eigenvalue weighted by molar-refractivity contribution is 0.387. The molecule has 0 fully saturated rings. The van der Waals surface area contributed by atoms with Crippen LogP contribution in [0.5, 0.6) is 0 Å². The molecule has 3 rings (SSSR count). The van der Waals surface area contributed by atoms with E-state index in [0.717, 1.165) is 0 Å². The Balaban J connectivity index is 1.99. The van der Waals surface area contributed by atoms with Gasteiger partial charge in [0.15, 0.2) is 11.0 Å². The number of para-hydroxylation sites is 1. The molecule has 7 heteroatoms. The Kier molecular flexibility index (Phi) is 3.74. The second kappa shape index (κ2) is 5.69. The van der Waals surface area contributed by atoms with Gasteiger partial charge in [-0.1, -0.05) is 29.1 Å². The van der Waals surface area contributed by atoms with Gasteiger partial charge in [0, 0.05) is 6.54 Å². The molecular formula is C14H14N4O2S. The Morgan fingerprint density at radius 2 is 2.10 bits per heavy atom. The van der Waals surface area contributed by atoms with Crippen molar-refractivity contribution in [3.63, 3.8) is 0 Å². The number of hydrogen-bond acceptors (Lipinski definition) is 6. The van der Waals surface area contributed by atoms with Crippen LogP contribution in [0.15, 0.2) is 38.7 Å². The zero-order chi connectivity index (χ0) is 14.8. The highest BCUT2D eigenvalue weighted by Gasteiger charge is 2.12. The fraction of sp³-hybridized carbons (Fsp3) is 0.286. The molecule has 0 radical (unpaired) electrons. The fourth-order valence-corrected chi connectivity index (χ4v) is 2.96. The van der Waals surface area contributed by atoms with Gasteiger partial charge in [-0.3, -0.25) is 9.36 Å². The van der Waals surface area contributed by atoms with E-state index in [0.29, 0.717) is 40.1 Å². The molecular weight excluding hydrogens is 288 g/mol. The summed E-state index contributed by atoms with van der Waals surface area (Å²) in [5.74, 6) is 1.62. The number of aryl methyl sites for hydroxylation is 1. The van der Waals surface area contributed by atoms with Gasteiger partial charge in [0.1, 0.15) is 0 Å². The van der Waals surface area contributed by atoms with Gasteiger partial charge in [-0.2, -0.15) is 4.98 Å².